The Morgan fingerprint density at radius 3 is 2.63 bits per heavy atom. The molecule has 2 aromatic rings. The number of benzene rings is 1. The van der Waals surface area contributed by atoms with Gasteiger partial charge in [-0.05, 0) is 43.2 Å². The Morgan fingerprint density at radius 2 is 1.89 bits per heavy atom. The van der Waals surface area contributed by atoms with E-state index in [0.717, 1.165) is 43.4 Å². The Hall–Kier alpha value is -2.63. The van der Waals surface area contributed by atoms with Gasteiger partial charge in [0.25, 0.3) is 0 Å². The number of hydrogen-bond acceptors (Lipinski definition) is 3. The third-order valence-electron chi connectivity index (χ3n) is 5.89. The Balaban J connectivity index is 1.47. The number of hydrogen-bond donors (Lipinski definition) is 1. The van der Waals surface area contributed by atoms with Crippen LogP contribution in [-0.4, -0.2) is 50.4 Å². The predicted molar refractivity (Wildman–Crippen MR) is 102 cm³/mol. The SMILES string of the molecule is O=C(CCc1cn[nH]c1)N1CCCC12CCCN(Cc1ccccc1)C2=O. The summed E-state index contributed by atoms with van der Waals surface area (Å²) in [6.07, 6.45) is 8.08. The smallest absolute Gasteiger partial charge is 0.248 e. The van der Waals surface area contributed by atoms with E-state index in [0.29, 0.717) is 25.9 Å². The Morgan fingerprint density at radius 1 is 1.11 bits per heavy atom. The number of aryl methyl sites for hydroxylation is 1. The van der Waals surface area contributed by atoms with Gasteiger partial charge in [-0.1, -0.05) is 30.3 Å². The van der Waals surface area contributed by atoms with Crippen LogP contribution in [-0.2, 0) is 22.6 Å². The van der Waals surface area contributed by atoms with Crippen LogP contribution in [0.25, 0.3) is 0 Å². The van der Waals surface area contributed by atoms with Crippen molar-refractivity contribution < 1.29 is 9.59 Å². The molecule has 1 aromatic carbocycles. The summed E-state index contributed by atoms with van der Waals surface area (Å²) >= 11 is 0. The zero-order valence-corrected chi connectivity index (χ0v) is 15.6. The summed E-state index contributed by atoms with van der Waals surface area (Å²) in [5, 5.41) is 6.71. The first kappa shape index (κ1) is 17.8. The molecule has 0 aliphatic carbocycles. The molecule has 0 saturated carbocycles. The van der Waals surface area contributed by atoms with Gasteiger partial charge < -0.3 is 9.80 Å². The Bertz CT molecular complexity index is 790. The molecule has 1 unspecified atom stereocenters. The van der Waals surface area contributed by atoms with Crippen molar-refractivity contribution in [2.75, 3.05) is 13.1 Å². The van der Waals surface area contributed by atoms with Crippen LogP contribution in [0.3, 0.4) is 0 Å². The second-order valence-electron chi connectivity index (χ2n) is 7.60. The van der Waals surface area contributed by atoms with Gasteiger partial charge in [0.1, 0.15) is 5.54 Å². The summed E-state index contributed by atoms with van der Waals surface area (Å²) in [6.45, 7) is 2.08. The van der Waals surface area contributed by atoms with Gasteiger partial charge in [-0.3, -0.25) is 14.7 Å². The molecule has 0 bridgehead atoms. The monoisotopic (exact) mass is 366 g/mol. The molecule has 1 N–H and O–H groups in total. The topological polar surface area (TPSA) is 69.3 Å². The highest BCUT2D eigenvalue weighted by molar-refractivity contribution is 5.92. The molecule has 1 aromatic heterocycles. The first-order valence-electron chi connectivity index (χ1n) is 9.80. The molecule has 2 aliphatic rings. The molecule has 2 saturated heterocycles. The standard InChI is InChI=1S/C21H26N4O2/c26-19(9-8-18-14-22-23-15-18)25-13-5-11-21(25)10-4-12-24(20(21)27)16-17-6-2-1-3-7-17/h1-3,6-7,14-15H,4-5,8-13,16H2,(H,22,23). The van der Waals surface area contributed by atoms with Gasteiger partial charge >= 0.3 is 0 Å². The zero-order valence-electron chi connectivity index (χ0n) is 15.6. The van der Waals surface area contributed by atoms with Gasteiger partial charge in [0, 0.05) is 32.3 Å². The Labute approximate surface area is 159 Å². The van der Waals surface area contributed by atoms with Gasteiger partial charge in [-0.2, -0.15) is 5.10 Å². The molecule has 1 atom stereocenters. The molecular weight excluding hydrogens is 340 g/mol. The lowest BCUT2D eigenvalue weighted by Gasteiger charge is -2.44. The lowest BCUT2D eigenvalue weighted by Crippen LogP contribution is -2.61. The van der Waals surface area contributed by atoms with E-state index >= 15 is 0 Å². The molecule has 6 nitrogen and oxygen atoms in total. The predicted octanol–water partition coefficient (Wildman–Crippen LogP) is 2.53. The maximum Gasteiger partial charge on any atom is 0.248 e. The van der Waals surface area contributed by atoms with Crippen molar-refractivity contribution in [2.24, 2.45) is 0 Å². The van der Waals surface area contributed by atoms with Crippen molar-refractivity contribution in [3.8, 4) is 0 Å². The molecule has 3 heterocycles. The van der Waals surface area contributed by atoms with Crippen molar-refractivity contribution >= 4 is 11.8 Å². The number of amides is 2. The van der Waals surface area contributed by atoms with Crippen LogP contribution in [0.4, 0.5) is 0 Å². The maximum absolute atomic E-state index is 13.4. The highest BCUT2D eigenvalue weighted by atomic mass is 16.2. The van der Waals surface area contributed by atoms with E-state index in [2.05, 4.69) is 22.3 Å². The minimum Gasteiger partial charge on any atom is -0.336 e. The summed E-state index contributed by atoms with van der Waals surface area (Å²) in [6, 6.07) is 10.1. The minimum absolute atomic E-state index is 0.0867. The largest absolute Gasteiger partial charge is 0.336 e. The first-order chi connectivity index (χ1) is 13.2. The molecule has 2 amide bonds. The molecular formula is C21H26N4O2. The van der Waals surface area contributed by atoms with Gasteiger partial charge in [0.05, 0.1) is 6.20 Å². The zero-order chi connectivity index (χ0) is 18.7. The van der Waals surface area contributed by atoms with E-state index in [1.807, 2.05) is 34.2 Å². The van der Waals surface area contributed by atoms with Crippen LogP contribution in [0.1, 0.15) is 43.2 Å². The third-order valence-corrected chi connectivity index (χ3v) is 5.89. The van der Waals surface area contributed by atoms with Crippen LogP contribution >= 0.6 is 0 Å². The number of H-pyrrole nitrogens is 1. The summed E-state index contributed by atoms with van der Waals surface area (Å²) < 4.78 is 0. The molecule has 142 valence electrons. The van der Waals surface area contributed by atoms with Crippen molar-refractivity contribution in [2.45, 2.75) is 50.6 Å². The highest BCUT2D eigenvalue weighted by Gasteiger charge is 2.52. The first-order valence-corrected chi connectivity index (χ1v) is 9.80. The van der Waals surface area contributed by atoms with Crippen molar-refractivity contribution in [1.29, 1.82) is 0 Å². The van der Waals surface area contributed by atoms with E-state index in [4.69, 9.17) is 0 Å². The summed E-state index contributed by atoms with van der Waals surface area (Å²) in [7, 11) is 0. The molecule has 4 rings (SSSR count). The number of carbonyl (C=O) groups is 2. The van der Waals surface area contributed by atoms with Gasteiger partial charge in [-0.15, -0.1) is 0 Å². The molecule has 2 fully saturated rings. The number of aromatic nitrogens is 2. The fraction of sp³-hybridized carbons (Fsp3) is 0.476. The normalized spacial score (nSPS) is 22.6. The summed E-state index contributed by atoms with van der Waals surface area (Å²) in [4.78, 5) is 30.2. The number of nitrogens with one attached hydrogen (secondary N) is 1. The Kier molecular flexibility index (Phi) is 4.97. The van der Waals surface area contributed by atoms with Gasteiger partial charge in [0.15, 0.2) is 0 Å². The fourth-order valence-corrected chi connectivity index (χ4v) is 4.54. The average Bonchev–Trinajstić information content (AvgIpc) is 3.35. The second-order valence-corrected chi connectivity index (χ2v) is 7.60. The maximum atomic E-state index is 13.4. The third kappa shape index (κ3) is 3.48. The summed E-state index contributed by atoms with van der Waals surface area (Å²) in [5.74, 6) is 0.218. The van der Waals surface area contributed by atoms with Crippen LogP contribution in [0.2, 0.25) is 0 Å². The number of carbonyl (C=O) groups excluding carboxylic acids is 2. The quantitative estimate of drug-likeness (QED) is 0.884. The summed E-state index contributed by atoms with van der Waals surface area (Å²) in [5.41, 5.74) is 1.54. The van der Waals surface area contributed by atoms with Crippen molar-refractivity contribution in [1.82, 2.24) is 20.0 Å². The molecule has 0 radical (unpaired) electrons. The fourth-order valence-electron chi connectivity index (χ4n) is 4.54. The number of piperidine rings is 1. The second kappa shape index (κ2) is 7.55. The number of likely N-dealkylation sites (tertiary alicyclic amines) is 2. The number of rotatable bonds is 5. The van der Waals surface area contributed by atoms with Gasteiger partial charge in [-0.25, -0.2) is 0 Å². The van der Waals surface area contributed by atoms with E-state index in [1.54, 1.807) is 6.20 Å². The molecule has 6 heteroatoms. The lowest BCUT2D eigenvalue weighted by molar-refractivity contribution is -0.155. The van der Waals surface area contributed by atoms with Gasteiger partial charge in [0.2, 0.25) is 11.8 Å². The van der Waals surface area contributed by atoms with E-state index < -0.39 is 5.54 Å². The molecule has 1 spiro atoms. The van der Waals surface area contributed by atoms with Crippen molar-refractivity contribution in [3.63, 3.8) is 0 Å². The van der Waals surface area contributed by atoms with E-state index in [1.165, 1.54) is 0 Å². The highest BCUT2D eigenvalue weighted by Crippen LogP contribution is 2.39. The lowest BCUT2D eigenvalue weighted by atomic mass is 9.85. The van der Waals surface area contributed by atoms with Crippen LogP contribution in [0.15, 0.2) is 42.7 Å². The molecule has 27 heavy (non-hydrogen) atoms. The van der Waals surface area contributed by atoms with Crippen molar-refractivity contribution in [3.05, 3.63) is 53.9 Å². The van der Waals surface area contributed by atoms with Crippen LogP contribution < -0.4 is 0 Å². The van der Waals surface area contributed by atoms with E-state index in [9.17, 15) is 9.59 Å². The molecule has 2 aliphatic heterocycles. The van der Waals surface area contributed by atoms with E-state index in [-0.39, 0.29) is 11.8 Å². The minimum atomic E-state index is -0.624. The average molecular weight is 366 g/mol. The van der Waals surface area contributed by atoms with Crippen LogP contribution in [0, 0.1) is 0 Å². The van der Waals surface area contributed by atoms with Crippen LogP contribution in [0.5, 0.6) is 0 Å². The number of nitrogens with zero attached hydrogens (tertiary/aromatic N) is 3. The number of aromatic amines is 1.